The van der Waals surface area contributed by atoms with E-state index in [1.165, 1.54) is 16.2 Å². The van der Waals surface area contributed by atoms with E-state index in [-0.39, 0.29) is 11.8 Å². The van der Waals surface area contributed by atoms with Crippen molar-refractivity contribution >= 4 is 23.2 Å². The number of carbonyl (C=O) groups is 2. The highest BCUT2D eigenvalue weighted by atomic mass is 32.1. The highest BCUT2D eigenvalue weighted by Gasteiger charge is 2.27. The lowest BCUT2D eigenvalue weighted by molar-refractivity contribution is -0.125. The smallest absolute Gasteiger partial charge is 0.277 e. The molecule has 2 heterocycles. The SMILES string of the molecule is O=C1CCCN1C(=O)c1cscn1. The summed E-state index contributed by atoms with van der Waals surface area (Å²) in [7, 11) is 0. The molecule has 1 aromatic heterocycles. The monoisotopic (exact) mass is 196 g/mol. The first kappa shape index (κ1) is 8.37. The zero-order valence-corrected chi connectivity index (χ0v) is 7.71. The summed E-state index contributed by atoms with van der Waals surface area (Å²) in [4.78, 5) is 27.9. The van der Waals surface area contributed by atoms with E-state index in [9.17, 15) is 9.59 Å². The van der Waals surface area contributed by atoms with Crippen molar-refractivity contribution in [3.8, 4) is 0 Å². The molecule has 5 heteroatoms. The molecule has 68 valence electrons. The molecule has 1 fully saturated rings. The van der Waals surface area contributed by atoms with E-state index in [1.54, 1.807) is 10.9 Å². The molecule has 4 nitrogen and oxygen atoms in total. The Morgan fingerprint density at radius 1 is 1.62 bits per heavy atom. The standard InChI is InChI=1S/C8H8N2O2S/c11-7-2-1-3-10(7)8(12)6-4-13-5-9-6/h4-5H,1-3H2. The molecular formula is C8H8N2O2S. The highest BCUT2D eigenvalue weighted by Crippen LogP contribution is 2.13. The lowest BCUT2D eigenvalue weighted by Gasteiger charge is -2.10. The van der Waals surface area contributed by atoms with Gasteiger partial charge in [0, 0.05) is 18.3 Å². The fourth-order valence-corrected chi connectivity index (χ4v) is 1.85. The van der Waals surface area contributed by atoms with Crippen LogP contribution < -0.4 is 0 Å². The summed E-state index contributed by atoms with van der Waals surface area (Å²) in [6, 6.07) is 0. The molecule has 1 aliphatic rings. The number of likely N-dealkylation sites (tertiary alicyclic amines) is 1. The van der Waals surface area contributed by atoms with Gasteiger partial charge in [-0.1, -0.05) is 0 Å². The van der Waals surface area contributed by atoms with Gasteiger partial charge in [-0.2, -0.15) is 0 Å². The zero-order valence-electron chi connectivity index (χ0n) is 6.90. The molecule has 2 rings (SSSR count). The second-order valence-electron chi connectivity index (χ2n) is 2.83. The predicted molar refractivity (Wildman–Crippen MR) is 47.4 cm³/mol. The number of amides is 2. The molecular weight excluding hydrogens is 188 g/mol. The third-order valence-corrected chi connectivity index (χ3v) is 2.56. The third-order valence-electron chi connectivity index (χ3n) is 1.97. The number of nitrogens with zero attached hydrogens (tertiary/aromatic N) is 2. The van der Waals surface area contributed by atoms with Crippen LogP contribution in [0.15, 0.2) is 10.9 Å². The van der Waals surface area contributed by atoms with Crippen LogP contribution >= 0.6 is 11.3 Å². The van der Waals surface area contributed by atoms with Gasteiger partial charge < -0.3 is 0 Å². The van der Waals surface area contributed by atoms with E-state index < -0.39 is 0 Å². The summed E-state index contributed by atoms with van der Waals surface area (Å²) in [6.45, 7) is 0.537. The number of aromatic nitrogens is 1. The lowest BCUT2D eigenvalue weighted by Crippen LogP contribution is -2.31. The summed E-state index contributed by atoms with van der Waals surface area (Å²) in [6.07, 6.45) is 1.25. The van der Waals surface area contributed by atoms with Gasteiger partial charge in [-0.15, -0.1) is 11.3 Å². The van der Waals surface area contributed by atoms with Crippen LogP contribution in [0.5, 0.6) is 0 Å². The Balaban J connectivity index is 2.18. The molecule has 0 radical (unpaired) electrons. The molecule has 1 aliphatic heterocycles. The van der Waals surface area contributed by atoms with Gasteiger partial charge in [-0.05, 0) is 6.42 Å². The second-order valence-corrected chi connectivity index (χ2v) is 3.55. The van der Waals surface area contributed by atoms with Gasteiger partial charge in [0.15, 0.2) is 0 Å². The molecule has 0 N–H and O–H groups in total. The van der Waals surface area contributed by atoms with Crippen molar-refractivity contribution in [1.29, 1.82) is 0 Å². The Morgan fingerprint density at radius 3 is 3.00 bits per heavy atom. The average Bonchev–Trinajstić information content (AvgIpc) is 2.72. The predicted octanol–water partition coefficient (Wildman–Crippen LogP) is 0.906. The van der Waals surface area contributed by atoms with Gasteiger partial charge in [-0.3, -0.25) is 14.5 Å². The number of carbonyl (C=O) groups excluding carboxylic acids is 2. The van der Waals surface area contributed by atoms with Gasteiger partial charge in [0.25, 0.3) is 5.91 Å². The van der Waals surface area contributed by atoms with Crippen molar-refractivity contribution in [3.63, 3.8) is 0 Å². The van der Waals surface area contributed by atoms with E-state index >= 15 is 0 Å². The van der Waals surface area contributed by atoms with Crippen molar-refractivity contribution in [2.75, 3.05) is 6.54 Å². The number of thiazole rings is 1. The summed E-state index contributed by atoms with van der Waals surface area (Å²) in [5.41, 5.74) is 1.97. The maximum Gasteiger partial charge on any atom is 0.279 e. The summed E-state index contributed by atoms with van der Waals surface area (Å²) >= 11 is 1.36. The van der Waals surface area contributed by atoms with Crippen molar-refractivity contribution < 1.29 is 9.59 Å². The third kappa shape index (κ3) is 1.47. The maximum absolute atomic E-state index is 11.6. The maximum atomic E-state index is 11.6. The largest absolute Gasteiger partial charge is 0.279 e. The average molecular weight is 196 g/mol. The number of imide groups is 1. The molecule has 0 aromatic carbocycles. The van der Waals surface area contributed by atoms with E-state index in [2.05, 4.69) is 4.98 Å². The van der Waals surface area contributed by atoms with Crippen LogP contribution in [-0.4, -0.2) is 28.2 Å². The van der Waals surface area contributed by atoms with E-state index in [0.717, 1.165) is 6.42 Å². The first-order valence-electron chi connectivity index (χ1n) is 4.02. The first-order valence-corrected chi connectivity index (χ1v) is 4.96. The summed E-state index contributed by atoms with van der Waals surface area (Å²) in [5, 5.41) is 1.66. The molecule has 13 heavy (non-hydrogen) atoms. The van der Waals surface area contributed by atoms with Gasteiger partial charge in [0.2, 0.25) is 5.91 Å². The minimum Gasteiger partial charge on any atom is -0.277 e. The number of hydrogen-bond acceptors (Lipinski definition) is 4. The Labute approximate surface area is 79.2 Å². The van der Waals surface area contributed by atoms with Crippen LogP contribution in [0.4, 0.5) is 0 Å². The fourth-order valence-electron chi connectivity index (χ4n) is 1.32. The van der Waals surface area contributed by atoms with Crippen molar-refractivity contribution in [3.05, 3.63) is 16.6 Å². The van der Waals surface area contributed by atoms with Crippen LogP contribution in [0.1, 0.15) is 23.3 Å². The highest BCUT2D eigenvalue weighted by molar-refractivity contribution is 7.07. The van der Waals surface area contributed by atoms with Crippen LogP contribution in [0.25, 0.3) is 0 Å². The minimum absolute atomic E-state index is 0.0852. The minimum atomic E-state index is -0.260. The van der Waals surface area contributed by atoms with Crippen molar-refractivity contribution in [1.82, 2.24) is 9.88 Å². The summed E-state index contributed by atoms with van der Waals surface area (Å²) in [5.74, 6) is -0.346. The fraction of sp³-hybridized carbons (Fsp3) is 0.375. The molecule has 0 unspecified atom stereocenters. The van der Waals surface area contributed by atoms with Crippen molar-refractivity contribution in [2.24, 2.45) is 0 Å². The molecule has 0 saturated carbocycles. The Kier molecular flexibility index (Phi) is 2.10. The second kappa shape index (κ2) is 3.26. The zero-order chi connectivity index (χ0) is 9.26. The normalized spacial score (nSPS) is 16.6. The van der Waals surface area contributed by atoms with E-state index in [1.807, 2.05) is 0 Å². The summed E-state index contributed by atoms with van der Waals surface area (Å²) < 4.78 is 0. The first-order chi connectivity index (χ1) is 6.29. The van der Waals surface area contributed by atoms with Crippen LogP contribution in [0.3, 0.4) is 0 Å². The van der Waals surface area contributed by atoms with Gasteiger partial charge >= 0.3 is 0 Å². The van der Waals surface area contributed by atoms with Crippen LogP contribution in [-0.2, 0) is 4.79 Å². The van der Waals surface area contributed by atoms with Crippen molar-refractivity contribution in [2.45, 2.75) is 12.8 Å². The molecule has 1 aromatic rings. The lowest BCUT2D eigenvalue weighted by atomic mass is 10.4. The molecule has 2 amide bonds. The number of hydrogen-bond donors (Lipinski definition) is 0. The van der Waals surface area contributed by atoms with Crippen LogP contribution in [0, 0.1) is 0 Å². The molecule has 0 bridgehead atoms. The molecule has 1 saturated heterocycles. The van der Waals surface area contributed by atoms with E-state index in [4.69, 9.17) is 0 Å². The Hall–Kier alpha value is -1.23. The Morgan fingerprint density at radius 2 is 2.46 bits per heavy atom. The van der Waals surface area contributed by atoms with Crippen LogP contribution in [0.2, 0.25) is 0 Å². The molecule has 0 atom stereocenters. The van der Waals surface area contributed by atoms with Gasteiger partial charge in [0.1, 0.15) is 5.69 Å². The topological polar surface area (TPSA) is 50.3 Å². The molecule has 0 spiro atoms. The quantitative estimate of drug-likeness (QED) is 0.627. The van der Waals surface area contributed by atoms with E-state index in [0.29, 0.717) is 18.7 Å². The van der Waals surface area contributed by atoms with Gasteiger partial charge in [0.05, 0.1) is 5.51 Å². The molecule has 0 aliphatic carbocycles. The number of rotatable bonds is 1. The Bertz CT molecular complexity index is 334. The van der Waals surface area contributed by atoms with Gasteiger partial charge in [-0.25, -0.2) is 4.98 Å².